The minimum atomic E-state index is -0.0276. The summed E-state index contributed by atoms with van der Waals surface area (Å²) in [6.07, 6.45) is 4.17. The Balaban J connectivity index is 2.05. The zero-order valence-corrected chi connectivity index (χ0v) is 11.5. The van der Waals surface area contributed by atoms with Crippen LogP contribution in [0.25, 0.3) is 0 Å². The van der Waals surface area contributed by atoms with E-state index in [-0.39, 0.29) is 23.7 Å². The standard InChI is InChI=1S/C13H21N5O/c1-8-9(2)17-18-13(15-8)16-12(19)11-6-4-3-5-10(11)7-14/h10-11H,3-7,14H2,1-2H3,(H,15,16,18,19). The molecule has 1 saturated carbocycles. The van der Waals surface area contributed by atoms with Crippen LogP contribution in [0, 0.1) is 25.7 Å². The first-order valence-corrected chi connectivity index (χ1v) is 6.80. The summed E-state index contributed by atoms with van der Waals surface area (Å²) < 4.78 is 0. The molecule has 2 unspecified atom stereocenters. The summed E-state index contributed by atoms with van der Waals surface area (Å²) in [5.74, 6) is 0.506. The molecule has 6 nitrogen and oxygen atoms in total. The van der Waals surface area contributed by atoms with E-state index in [2.05, 4.69) is 20.5 Å². The molecule has 1 aliphatic rings. The lowest BCUT2D eigenvalue weighted by molar-refractivity contribution is -0.122. The van der Waals surface area contributed by atoms with Crippen LogP contribution in [-0.4, -0.2) is 27.6 Å². The second kappa shape index (κ2) is 6.06. The molecular formula is C13H21N5O. The quantitative estimate of drug-likeness (QED) is 0.854. The minimum absolute atomic E-state index is 0.0241. The first-order valence-electron chi connectivity index (χ1n) is 6.80. The van der Waals surface area contributed by atoms with Crippen LogP contribution in [0.3, 0.4) is 0 Å². The largest absolute Gasteiger partial charge is 0.330 e. The summed E-state index contributed by atoms with van der Waals surface area (Å²) in [6, 6.07) is 0. The predicted molar refractivity (Wildman–Crippen MR) is 72.4 cm³/mol. The van der Waals surface area contributed by atoms with E-state index in [1.807, 2.05) is 13.8 Å². The highest BCUT2D eigenvalue weighted by molar-refractivity contribution is 5.91. The molecule has 1 aliphatic carbocycles. The highest BCUT2D eigenvalue weighted by atomic mass is 16.2. The normalized spacial score (nSPS) is 23.1. The fourth-order valence-electron chi connectivity index (χ4n) is 2.55. The Morgan fingerprint density at radius 2 is 2.00 bits per heavy atom. The Morgan fingerprint density at radius 3 is 2.68 bits per heavy atom. The van der Waals surface area contributed by atoms with Crippen molar-refractivity contribution in [1.29, 1.82) is 0 Å². The van der Waals surface area contributed by atoms with Crippen LogP contribution in [0.1, 0.15) is 37.1 Å². The summed E-state index contributed by atoms with van der Waals surface area (Å²) in [6.45, 7) is 4.25. The fraction of sp³-hybridized carbons (Fsp3) is 0.692. The summed E-state index contributed by atoms with van der Waals surface area (Å²) in [7, 11) is 0. The minimum Gasteiger partial charge on any atom is -0.330 e. The predicted octanol–water partition coefficient (Wildman–Crippen LogP) is 1.19. The van der Waals surface area contributed by atoms with Crippen molar-refractivity contribution < 1.29 is 4.79 Å². The number of carbonyl (C=O) groups is 1. The molecule has 1 fully saturated rings. The van der Waals surface area contributed by atoms with Crippen LogP contribution in [0.4, 0.5) is 5.95 Å². The van der Waals surface area contributed by atoms with Gasteiger partial charge in [0.05, 0.1) is 11.4 Å². The second-order valence-corrected chi connectivity index (χ2v) is 5.18. The van der Waals surface area contributed by atoms with E-state index in [1.165, 1.54) is 0 Å². The Bertz CT molecular complexity index is 462. The number of hydrogen-bond donors (Lipinski definition) is 2. The second-order valence-electron chi connectivity index (χ2n) is 5.18. The van der Waals surface area contributed by atoms with Gasteiger partial charge >= 0.3 is 0 Å². The van der Waals surface area contributed by atoms with Crippen molar-refractivity contribution in [2.45, 2.75) is 39.5 Å². The molecule has 2 atom stereocenters. The van der Waals surface area contributed by atoms with Crippen LogP contribution < -0.4 is 11.1 Å². The van der Waals surface area contributed by atoms with Crippen LogP contribution in [0.15, 0.2) is 0 Å². The fourth-order valence-corrected chi connectivity index (χ4v) is 2.55. The first-order chi connectivity index (χ1) is 9.11. The third-order valence-electron chi connectivity index (χ3n) is 3.88. The number of nitrogens with zero attached hydrogens (tertiary/aromatic N) is 3. The van der Waals surface area contributed by atoms with Gasteiger partial charge in [-0.05, 0) is 39.2 Å². The Kier molecular flexibility index (Phi) is 4.42. The number of aromatic nitrogens is 3. The molecule has 104 valence electrons. The van der Waals surface area contributed by atoms with Gasteiger partial charge in [-0.3, -0.25) is 10.1 Å². The van der Waals surface area contributed by atoms with E-state index in [4.69, 9.17) is 5.73 Å². The van der Waals surface area contributed by atoms with Gasteiger partial charge in [-0.25, -0.2) is 4.98 Å². The van der Waals surface area contributed by atoms with Gasteiger partial charge in [0.2, 0.25) is 11.9 Å². The summed E-state index contributed by atoms with van der Waals surface area (Å²) >= 11 is 0. The lowest BCUT2D eigenvalue weighted by Gasteiger charge is -2.29. The molecule has 0 saturated heterocycles. The average Bonchev–Trinajstić information content (AvgIpc) is 2.43. The molecule has 1 aromatic heterocycles. The molecule has 1 amide bonds. The number of carbonyl (C=O) groups excluding carboxylic acids is 1. The number of amides is 1. The zero-order chi connectivity index (χ0) is 13.8. The van der Waals surface area contributed by atoms with Gasteiger partial charge in [0, 0.05) is 5.92 Å². The number of rotatable bonds is 3. The zero-order valence-electron chi connectivity index (χ0n) is 11.5. The van der Waals surface area contributed by atoms with Gasteiger partial charge in [0.25, 0.3) is 0 Å². The lowest BCUT2D eigenvalue weighted by Crippen LogP contribution is -2.36. The molecule has 6 heteroatoms. The van der Waals surface area contributed by atoms with E-state index in [1.54, 1.807) is 0 Å². The van der Waals surface area contributed by atoms with Crippen molar-refractivity contribution in [2.75, 3.05) is 11.9 Å². The summed E-state index contributed by atoms with van der Waals surface area (Å²) in [4.78, 5) is 16.5. The van der Waals surface area contributed by atoms with Crippen molar-refractivity contribution >= 4 is 11.9 Å². The molecule has 1 heterocycles. The third-order valence-corrected chi connectivity index (χ3v) is 3.88. The number of nitrogens with one attached hydrogen (secondary N) is 1. The van der Waals surface area contributed by atoms with E-state index in [0.717, 1.165) is 37.1 Å². The molecule has 19 heavy (non-hydrogen) atoms. The van der Waals surface area contributed by atoms with Gasteiger partial charge in [-0.2, -0.15) is 5.10 Å². The molecule has 2 rings (SSSR count). The third kappa shape index (κ3) is 3.26. The molecule has 3 N–H and O–H groups in total. The number of hydrogen-bond acceptors (Lipinski definition) is 5. The van der Waals surface area contributed by atoms with Crippen molar-refractivity contribution in [2.24, 2.45) is 17.6 Å². The van der Waals surface area contributed by atoms with E-state index >= 15 is 0 Å². The number of anilines is 1. The van der Waals surface area contributed by atoms with Crippen molar-refractivity contribution in [3.05, 3.63) is 11.4 Å². The van der Waals surface area contributed by atoms with Crippen molar-refractivity contribution in [3.63, 3.8) is 0 Å². The Morgan fingerprint density at radius 1 is 1.26 bits per heavy atom. The highest BCUT2D eigenvalue weighted by Gasteiger charge is 2.30. The maximum Gasteiger partial charge on any atom is 0.249 e. The first kappa shape index (κ1) is 13.9. The molecular weight excluding hydrogens is 242 g/mol. The number of aryl methyl sites for hydroxylation is 2. The maximum atomic E-state index is 12.3. The molecule has 0 aliphatic heterocycles. The van der Waals surface area contributed by atoms with Crippen LogP contribution in [-0.2, 0) is 4.79 Å². The highest BCUT2D eigenvalue weighted by Crippen LogP contribution is 2.29. The Hall–Kier alpha value is -1.56. The maximum absolute atomic E-state index is 12.3. The van der Waals surface area contributed by atoms with Gasteiger partial charge in [0.15, 0.2) is 0 Å². The Labute approximate surface area is 113 Å². The SMILES string of the molecule is Cc1nnc(NC(=O)C2CCCCC2CN)nc1C. The number of nitrogens with two attached hydrogens (primary N) is 1. The smallest absolute Gasteiger partial charge is 0.249 e. The molecule has 0 bridgehead atoms. The van der Waals surface area contributed by atoms with E-state index in [0.29, 0.717) is 6.54 Å². The van der Waals surface area contributed by atoms with Crippen LogP contribution >= 0.6 is 0 Å². The topological polar surface area (TPSA) is 93.8 Å². The van der Waals surface area contributed by atoms with Crippen molar-refractivity contribution in [3.8, 4) is 0 Å². The van der Waals surface area contributed by atoms with Crippen molar-refractivity contribution in [1.82, 2.24) is 15.2 Å². The lowest BCUT2D eigenvalue weighted by atomic mass is 9.79. The van der Waals surface area contributed by atoms with E-state index < -0.39 is 0 Å². The van der Waals surface area contributed by atoms with Gasteiger partial charge in [-0.1, -0.05) is 12.8 Å². The molecule has 0 spiro atoms. The van der Waals surface area contributed by atoms with E-state index in [9.17, 15) is 4.79 Å². The van der Waals surface area contributed by atoms with Gasteiger partial charge < -0.3 is 5.73 Å². The van der Waals surface area contributed by atoms with Crippen LogP contribution in [0.2, 0.25) is 0 Å². The molecule has 1 aromatic rings. The van der Waals surface area contributed by atoms with Gasteiger partial charge in [-0.15, -0.1) is 5.10 Å². The molecule has 0 aromatic carbocycles. The summed E-state index contributed by atoms with van der Waals surface area (Å²) in [5.41, 5.74) is 7.30. The van der Waals surface area contributed by atoms with Crippen LogP contribution in [0.5, 0.6) is 0 Å². The monoisotopic (exact) mass is 263 g/mol. The molecule has 0 radical (unpaired) electrons. The van der Waals surface area contributed by atoms with Gasteiger partial charge in [0.1, 0.15) is 0 Å². The average molecular weight is 263 g/mol. The summed E-state index contributed by atoms with van der Waals surface area (Å²) in [5, 5.41) is 10.6.